The Hall–Kier alpha value is -4.09. The number of fused-ring (bicyclic) bond motifs is 1. The van der Waals surface area contributed by atoms with Gasteiger partial charge in [-0.1, -0.05) is 12.0 Å². The Morgan fingerprint density at radius 1 is 0.957 bits per heavy atom. The fraction of sp³-hybridized carbons (Fsp3) is 0.517. The first-order chi connectivity index (χ1) is 21.7. The van der Waals surface area contributed by atoms with E-state index in [1.165, 1.54) is 11.8 Å². The second-order valence-corrected chi connectivity index (χ2v) is 11.4. The summed E-state index contributed by atoms with van der Waals surface area (Å²) in [4.78, 5) is 16.5. The highest BCUT2D eigenvalue weighted by molar-refractivity contribution is 5.90. The number of anilines is 2. The molecule has 0 radical (unpaired) electrons. The Labute approximate surface area is 262 Å². The maximum Gasteiger partial charge on any atom is 0.416 e. The Morgan fingerprint density at radius 3 is 2.06 bits per heavy atom. The molecule has 3 atom stereocenters. The van der Waals surface area contributed by atoms with Crippen LogP contribution in [0.15, 0.2) is 36.4 Å². The minimum atomic E-state index is -5.16. The van der Waals surface area contributed by atoms with Crippen LogP contribution in [-0.4, -0.2) is 49.7 Å². The first-order valence-electron chi connectivity index (χ1n) is 14.4. The van der Waals surface area contributed by atoms with Gasteiger partial charge in [0.2, 0.25) is 0 Å². The van der Waals surface area contributed by atoms with Crippen molar-refractivity contribution >= 4 is 17.7 Å². The molecular weight excluding hydrogens is 651 g/mol. The molecule has 1 N–H and O–H groups in total. The largest absolute Gasteiger partial charge is 0.446 e. The summed E-state index contributed by atoms with van der Waals surface area (Å²) in [5, 5.41) is 21.6. The number of aromatic nitrogens is 4. The average Bonchev–Trinajstić information content (AvgIpc) is 3.40. The number of amides is 1. The van der Waals surface area contributed by atoms with Gasteiger partial charge in [-0.25, -0.2) is 4.79 Å². The highest BCUT2D eigenvalue weighted by Crippen LogP contribution is 2.46. The molecule has 0 spiro atoms. The molecule has 18 heteroatoms. The van der Waals surface area contributed by atoms with Crippen LogP contribution >= 0.6 is 0 Å². The quantitative estimate of drug-likeness (QED) is 0.248. The number of aliphatic hydroxyl groups excluding tert-OH is 1. The van der Waals surface area contributed by atoms with Crippen molar-refractivity contribution in [3.63, 3.8) is 0 Å². The van der Waals surface area contributed by atoms with Gasteiger partial charge in [0.25, 0.3) is 5.95 Å². The van der Waals surface area contributed by atoms with Crippen molar-refractivity contribution in [3.8, 4) is 0 Å². The minimum absolute atomic E-state index is 0.00635. The summed E-state index contributed by atoms with van der Waals surface area (Å²) in [7, 11) is 0. The summed E-state index contributed by atoms with van der Waals surface area (Å²) in [6.45, 7) is 5.31. The van der Waals surface area contributed by atoms with E-state index in [0.717, 1.165) is 27.9 Å². The third-order valence-corrected chi connectivity index (χ3v) is 7.34. The molecule has 47 heavy (non-hydrogen) atoms. The van der Waals surface area contributed by atoms with Crippen LogP contribution in [0.5, 0.6) is 0 Å². The fourth-order valence-electron chi connectivity index (χ4n) is 5.35. The predicted molar refractivity (Wildman–Crippen MR) is 149 cm³/mol. The van der Waals surface area contributed by atoms with E-state index in [0.29, 0.717) is 12.1 Å². The van der Waals surface area contributed by atoms with Gasteiger partial charge in [-0.15, -0.1) is 5.10 Å². The third kappa shape index (κ3) is 8.26. The summed E-state index contributed by atoms with van der Waals surface area (Å²) >= 11 is 0. The number of hydrogen-bond acceptors (Lipinski definition) is 7. The lowest BCUT2D eigenvalue weighted by molar-refractivity contribution is -0.143. The molecule has 3 aromatic rings. The molecule has 1 aromatic heterocycles. The van der Waals surface area contributed by atoms with Crippen LogP contribution in [0, 0.1) is 0 Å². The molecule has 1 amide bonds. The molecular formula is C29H31F9N6O3. The van der Waals surface area contributed by atoms with E-state index in [9.17, 15) is 49.4 Å². The summed E-state index contributed by atoms with van der Waals surface area (Å²) < 4.78 is 130. The lowest BCUT2D eigenvalue weighted by Gasteiger charge is -2.44. The van der Waals surface area contributed by atoms with Gasteiger partial charge in [-0.2, -0.15) is 44.3 Å². The number of carbonyl (C=O) groups is 1. The standard InChI is InChI=1S/C29H31F9N6O3/c1-5-21-12-24(22-11-18(27(30,31)32)6-7-23(22)44(21)26(46)47-15(2)3)42(25-39-41-43(40-25)13-16(4)45)14-17-8-19(28(33,34)35)10-20(9-17)29(36,37)38/h6-11,15-16,21,24,45H,5,12-14H2,1-4H3/t16?,21-,24+/m1/s1. The van der Waals surface area contributed by atoms with Crippen LogP contribution in [0.3, 0.4) is 0 Å². The van der Waals surface area contributed by atoms with E-state index in [4.69, 9.17) is 4.74 Å². The summed E-state index contributed by atoms with van der Waals surface area (Å²) in [6, 6.07) is 1.60. The first kappa shape index (κ1) is 35.8. The van der Waals surface area contributed by atoms with Crippen molar-refractivity contribution in [1.82, 2.24) is 20.2 Å². The molecule has 1 aliphatic rings. The van der Waals surface area contributed by atoms with Crippen LogP contribution < -0.4 is 9.80 Å². The monoisotopic (exact) mass is 682 g/mol. The van der Waals surface area contributed by atoms with Gasteiger partial charge >= 0.3 is 24.6 Å². The normalized spacial score (nSPS) is 17.9. The number of rotatable bonds is 8. The zero-order valence-corrected chi connectivity index (χ0v) is 25.5. The van der Waals surface area contributed by atoms with Crippen molar-refractivity contribution in [1.29, 1.82) is 0 Å². The average molecular weight is 683 g/mol. The number of alkyl halides is 9. The van der Waals surface area contributed by atoms with Crippen molar-refractivity contribution in [2.75, 3.05) is 9.80 Å². The van der Waals surface area contributed by atoms with Crippen molar-refractivity contribution in [2.45, 2.75) is 96.4 Å². The second kappa shape index (κ2) is 13.2. The number of tetrazole rings is 1. The molecule has 2 aromatic carbocycles. The molecule has 0 bridgehead atoms. The van der Waals surface area contributed by atoms with Crippen molar-refractivity contribution < 1.29 is 54.2 Å². The SMILES string of the molecule is CC[C@@H]1C[C@H](N(Cc2cc(C(F)(F)F)cc(C(F)(F)F)c2)c2nnn(CC(C)O)n2)c2cc(C(F)(F)F)ccc2N1C(=O)OC(C)C. The van der Waals surface area contributed by atoms with Crippen molar-refractivity contribution in [2.24, 2.45) is 0 Å². The molecule has 1 unspecified atom stereocenters. The van der Waals surface area contributed by atoms with Crippen LogP contribution in [0.25, 0.3) is 0 Å². The van der Waals surface area contributed by atoms with E-state index in [-0.39, 0.29) is 42.7 Å². The molecule has 0 fully saturated rings. The van der Waals surface area contributed by atoms with Crippen LogP contribution in [0.1, 0.15) is 74.4 Å². The van der Waals surface area contributed by atoms with Gasteiger partial charge in [0.05, 0.1) is 47.2 Å². The highest BCUT2D eigenvalue weighted by Gasteiger charge is 2.43. The Balaban J connectivity index is 1.96. The smallest absolute Gasteiger partial charge is 0.416 e. The molecule has 0 saturated heterocycles. The zero-order valence-electron chi connectivity index (χ0n) is 25.5. The number of hydrogen-bond donors (Lipinski definition) is 1. The topological polar surface area (TPSA) is 96.6 Å². The van der Waals surface area contributed by atoms with Gasteiger partial charge in [0.1, 0.15) is 0 Å². The summed E-state index contributed by atoms with van der Waals surface area (Å²) in [5.74, 6) is -0.349. The predicted octanol–water partition coefficient (Wildman–Crippen LogP) is 7.39. The van der Waals surface area contributed by atoms with E-state index < -0.39 is 77.7 Å². The molecule has 0 saturated carbocycles. The van der Waals surface area contributed by atoms with Gasteiger partial charge in [-0.3, -0.25) is 4.90 Å². The van der Waals surface area contributed by atoms with Gasteiger partial charge in [-0.05, 0) is 86.4 Å². The summed E-state index contributed by atoms with van der Waals surface area (Å²) in [6.07, 6.45) is -17.5. The molecule has 4 rings (SSSR count). The van der Waals surface area contributed by atoms with Crippen molar-refractivity contribution in [3.05, 3.63) is 64.2 Å². The molecule has 9 nitrogen and oxygen atoms in total. The Bertz CT molecular complexity index is 1540. The lowest BCUT2D eigenvalue weighted by Crippen LogP contribution is -2.48. The van der Waals surface area contributed by atoms with E-state index in [2.05, 4.69) is 15.4 Å². The minimum Gasteiger partial charge on any atom is -0.446 e. The second-order valence-electron chi connectivity index (χ2n) is 11.4. The molecule has 258 valence electrons. The lowest BCUT2D eigenvalue weighted by atomic mass is 9.87. The summed E-state index contributed by atoms with van der Waals surface area (Å²) in [5.41, 5.74) is -4.93. The molecule has 2 heterocycles. The number of carbonyl (C=O) groups excluding carboxylic acids is 1. The van der Waals surface area contributed by atoms with E-state index in [1.807, 2.05) is 0 Å². The van der Waals surface area contributed by atoms with Gasteiger partial charge in [0, 0.05) is 12.6 Å². The first-order valence-corrected chi connectivity index (χ1v) is 14.4. The number of aliphatic hydroxyl groups is 1. The maximum absolute atomic E-state index is 14.0. The molecule has 1 aliphatic heterocycles. The number of nitrogens with zero attached hydrogens (tertiary/aromatic N) is 6. The number of benzene rings is 2. The Kier molecular flexibility index (Phi) is 10.0. The molecule has 0 aliphatic carbocycles. The maximum atomic E-state index is 14.0. The van der Waals surface area contributed by atoms with Crippen LogP contribution in [-0.2, 0) is 36.4 Å². The van der Waals surface area contributed by atoms with E-state index >= 15 is 0 Å². The zero-order chi connectivity index (χ0) is 35.1. The van der Waals surface area contributed by atoms with Crippen LogP contribution in [0.2, 0.25) is 0 Å². The highest BCUT2D eigenvalue weighted by atomic mass is 19.4. The number of halogens is 9. The fourth-order valence-corrected chi connectivity index (χ4v) is 5.35. The Morgan fingerprint density at radius 2 is 1.55 bits per heavy atom. The van der Waals surface area contributed by atoms with Gasteiger partial charge in [0.15, 0.2) is 0 Å². The van der Waals surface area contributed by atoms with Crippen LogP contribution in [0.4, 0.5) is 55.9 Å². The van der Waals surface area contributed by atoms with Gasteiger partial charge < -0.3 is 14.7 Å². The third-order valence-electron chi connectivity index (χ3n) is 7.34. The van der Waals surface area contributed by atoms with E-state index in [1.54, 1.807) is 20.8 Å². The number of ether oxygens (including phenoxy) is 1.